The first-order valence-electron chi connectivity index (χ1n) is 11.3. The number of aromatic nitrogens is 5. The fourth-order valence-electron chi connectivity index (χ4n) is 3.75. The van der Waals surface area contributed by atoms with Crippen molar-refractivity contribution in [2.24, 2.45) is 0 Å². The Morgan fingerprint density at radius 2 is 1.94 bits per heavy atom. The minimum absolute atomic E-state index is 0.218. The third-order valence-electron chi connectivity index (χ3n) is 5.47. The maximum atomic E-state index is 12.8. The fraction of sp³-hybridized carbons (Fsp3) is 0.435. The number of pyridine rings is 1. The minimum Gasteiger partial charge on any atom is -0.459 e. The Bertz CT molecular complexity index is 1150. The van der Waals surface area contributed by atoms with E-state index < -0.39 is 17.7 Å². The van der Waals surface area contributed by atoms with Gasteiger partial charge in [-0.1, -0.05) is 12.1 Å². The van der Waals surface area contributed by atoms with Crippen LogP contribution in [0.3, 0.4) is 0 Å². The molecule has 35 heavy (non-hydrogen) atoms. The van der Waals surface area contributed by atoms with Crippen LogP contribution < -0.4 is 4.90 Å². The molecule has 0 radical (unpaired) electrons. The van der Waals surface area contributed by atoms with E-state index in [0.29, 0.717) is 49.1 Å². The molecule has 9 nitrogen and oxygen atoms in total. The van der Waals surface area contributed by atoms with Crippen molar-refractivity contribution in [1.82, 2.24) is 30.1 Å². The summed E-state index contributed by atoms with van der Waals surface area (Å²) in [6.45, 7) is 6.72. The number of ether oxygens (including phenoxy) is 1. The van der Waals surface area contributed by atoms with Gasteiger partial charge in [-0.3, -0.25) is 4.90 Å². The van der Waals surface area contributed by atoms with Gasteiger partial charge >= 0.3 is 12.1 Å². The number of carbonyl (C=O) groups is 1. The van der Waals surface area contributed by atoms with E-state index in [9.17, 15) is 18.0 Å². The highest BCUT2D eigenvalue weighted by molar-refractivity contribution is 5.90. The molecule has 1 fully saturated rings. The summed E-state index contributed by atoms with van der Waals surface area (Å²) in [6.07, 6.45) is -2.94. The second kappa shape index (κ2) is 10.4. The topological polar surface area (TPSA) is 89.3 Å². The van der Waals surface area contributed by atoms with Gasteiger partial charge in [-0.25, -0.2) is 9.78 Å². The van der Waals surface area contributed by atoms with Gasteiger partial charge in [0, 0.05) is 37.9 Å². The summed E-state index contributed by atoms with van der Waals surface area (Å²) in [5, 5.41) is 12.7. The van der Waals surface area contributed by atoms with E-state index in [1.807, 2.05) is 4.90 Å². The second-order valence-electron chi connectivity index (χ2n) is 8.52. The third kappa shape index (κ3) is 6.32. The van der Waals surface area contributed by atoms with Gasteiger partial charge < -0.3 is 9.64 Å². The Morgan fingerprint density at radius 3 is 2.66 bits per heavy atom. The average molecular weight is 490 g/mol. The molecule has 1 saturated heterocycles. The summed E-state index contributed by atoms with van der Waals surface area (Å²) in [4.78, 5) is 21.8. The van der Waals surface area contributed by atoms with Crippen molar-refractivity contribution in [3.05, 3.63) is 53.7 Å². The van der Waals surface area contributed by atoms with E-state index in [-0.39, 0.29) is 6.10 Å². The molecule has 0 amide bonds. The van der Waals surface area contributed by atoms with Crippen molar-refractivity contribution >= 4 is 11.8 Å². The van der Waals surface area contributed by atoms with Gasteiger partial charge in [0.15, 0.2) is 0 Å². The average Bonchev–Trinajstić information content (AvgIpc) is 3.16. The predicted molar refractivity (Wildman–Crippen MR) is 121 cm³/mol. The van der Waals surface area contributed by atoms with Gasteiger partial charge in [0.2, 0.25) is 5.82 Å². The summed E-state index contributed by atoms with van der Waals surface area (Å²) < 4.78 is 43.6. The molecule has 0 N–H and O–H groups in total. The number of anilines is 1. The first kappa shape index (κ1) is 24.6. The highest BCUT2D eigenvalue weighted by atomic mass is 19.4. The quantitative estimate of drug-likeness (QED) is 0.487. The number of tetrazole rings is 1. The lowest BCUT2D eigenvalue weighted by Crippen LogP contribution is -2.33. The van der Waals surface area contributed by atoms with E-state index in [1.165, 1.54) is 10.9 Å². The van der Waals surface area contributed by atoms with Crippen molar-refractivity contribution in [2.45, 2.75) is 39.2 Å². The van der Waals surface area contributed by atoms with Crippen molar-refractivity contribution in [2.75, 3.05) is 31.1 Å². The standard InChI is InChI=1S/C23H26F3N7O2/c1-16(2)35-22(34)18-6-3-5-17(13-18)21-28-30-33(29-21)15-31-9-4-10-32(12-11-31)20-8-7-19(14-27-20)23(24,25)26/h3,5-8,13-14,16H,4,9-12,15H2,1-2H3. The molecule has 186 valence electrons. The fourth-order valence-corrected chi connectivity index (χ4v) is 3.75. The minimum atomic E-state index is -4.40. The van der Waals surface area contributed by atoms with Crippen LogP contribution in [0.2, 0.25) is 0 Å². The molecule has 3 heterocycles. The molecule has 12 heteroatoms. The van der Waals surface area contributed by atoms with Crippen LogP contribution in [0.1, 0.15) is 36.2 Å². The largest absolute Gasteiger partial charge is 0.459 e. The molecule has 1 aromatic carbocycles. The number of nitrogens with zero attached hydrogens (tertiary/aromatic N) is 7. The Labute approximate surface area is 200 Å². The molecule has 2 aromatic heterocycles. The molecule has 3 aromatic rings. The molecular weight excluding hydrogens is 463 g/mol. The van der Waals surface area contributed by atoms with Crippen molar-refractivity contribution in [3.63, 3.8) is 0 Å². The smallest absolute Gasteiger partial charge is 0.417 e. The predicted octanol–water partition coefficient (Wildman–Crippen LogP) is 3.49. The molecular formula is C23H26F3N7O2. The molecule has 0 saturated carbocycles. The number of rotatable bonds is 6. The summed E-state index contributed by atoms with van der Waals surface area (Å²) in [6, 6.07) is 9.36. The van der Waals surface area contributed by atoms with Crippen LogP contribution >= 0.6 is 0 Å². The maximum absolute atomic E-state index is 12.8. The maximum Gasteiger partial charge on any atom is 0.417 e. The normalized spacial score (nSPS) is 15.3. The number of alkyl halides is 3. The second-order valence-corrected chi connectivity index (χ2v) is 8.52. The summed E-state index contributed by atoms with van der Waals surface area (Å²) in [5.74, 6) is 0.511. The summed E-state index contributed by atoms with van der Waals surface area (Å²) >= 11 is 0. The number of hydrogen-bond donors (Lipinski definition) is 0. The van der Waals surface area contributed by atoms with Crippen molar-refractivity contribution in [3.8, 4) is 11.4 Å². The van der Waals surface area contributed by atoms with Crippen LogP contribution in [0.5, 0.6) is 0 Å². The molecule has 0 aliphatic carbocycles. The zero-order valence-electron chi connectivity index (χ0n) is 19.4. The van der Waals surface area contributed by atoms with Crippen LogP contribution in [0.4, 0.5) is 19.0 Å². The number of benzene rings is 1. The molecule has 0 bridgehead atoms. The van der Waals surface area contributed by atoms with E-state index in [0.717, 1.165) is 25.2 Å². The summed E-state index contributed by atoms with van der Waals surface area (Å²) in [7, 11) is 0. The van der Waals surface area contributed by atoms with Crippen LogP contribution in [0, 0.1) is 0 Å². The van der Waals surface area contributed by atoms with Gasteiger partial charge in [-0.15, -0.1) is 15.0 Å². The van der Waals surface area contributed by atoms with Crippen LogP contribution in [-0.4, -0.2) is 68.3 Å². The molecule has 0 atom stereocenters. The highest BCUT2D eigenvalue weighted by Gasteiger charge is 2.31. The van der Waals surface area contributed by atoms with Crippen molar-refractivity contribution < 1.29 is 22.7 Å². The van der Waals surface area contributed by atoms with Gasteiger partial charge in [-0.05, 0) is 49.7 Å². The number of carbonyl (C=O) groups excluding carboxylic acids is 1. The molecule has 0 spiro atoms. The highest BCUT2D eigenvalue weighted by Crippen LogP contribution is 2.29. The Balaban J connectivity index is 1.37. The van der Waals surface area contributed by atoms with Gasteiger partial charge in [0.25, 0.3) is 0 Å². The monoisotopic (exact) mass is 489 g/mol. The van der Waals surface area contributed by atoms with Crippen LogP contribution in [0.15, 0.2) is 42.6 Å². The van der Waals surface area contributed by atoms with E-state index >= 15 is 0 Å². The third-order valence-corrected chi connectivity index (χ3v) is 5.47. The van der Waals surface area contributed by atoms with Gasteiger partial charge in [0.1, 0.15) is 12.5 Å². The lowest BCUT2D eigenvalue weighted by atomic mass is 10.1. The Kier molecular flexibility index (Phi) is 7.29. The lowest BCUT2D eigenvalue weighted by Gasteiger charge is -2.22. The van der Waals surface area contributed by atoms with Crippen LogP contribution in [-0.2, 0) is 17.6 Å². The van der Waals surface area contributed by atoms with Crippen molar-refractivity contribution in [1.29, 1.82) is 0 Å². The Morgan fingerprint density at radius 1 is 1.11 bits per heavy atom. The first-order chi connectivity index (χ1) is 16.7. The van der Waals surface area contributed by atoms with E-state index in [1.54, 1.807) is 38.1 Å². The Hall–Kier alpha value is -3.54. The van der Waals surface area contributed by atoms with Gasteiger partial charge in [-0.2, -0.15) is 13.2 Å². The van der Waals surface area contributed by atoms with E-state index in [4.69, 9.17) is 4.74 Å². The SMILES string of the molecule is CC(C)OC(=O)c1cccc(-c2nnn(CN3CCCN(c4ccc(C(F)(F)F)cn4)CC3)n2)c1. The lowest BCUT2D eigenvalue weighted by molar-refractivity contribution is -0.137. The molecule has 1 aliphatic heterocycles. The van der Waals surface area contributed by atoms with Gasteiger partial charge in [0.05, 0.1) is 17.2 Å². The summed E-state index contributed by atoms with van der Waals surface area (Å²) in [5.41, 5.74) is 0.315. The number of hydrogen-bond acceptors (Lipinski definition) is 8. The molecule has 1 aliphatic rings. The zero-order chi connectivity index (χ0) is 25.0. The molecule has 4 rings (SSSR count). The van der Waals surface area contributed by atoms with Crippen LogP contribution in [0.25, 0.3) is 11.4 Å². The zero-order valence-corrected chi connectivity index (χ0v) is 19.4. The van der Waals surface area contributed by atoms with E-state index in [2.05, 4.69) is 25.3 Å². The number of esters is 1. The number of halogens is 3. The molecule has 0 unspecified atom stereocenters. The first-order valence-corrected chi connectivity index (χ1v) is 11.3.